The van der Waals surface area contributed by atoms with Gasteiger partial charge in [-0.15, -0.1) is 0 Å². The van der Waals surface area contributed by atoms with Gasteiger partial charge in [-0.2, -0.15) is 4.90 Å². The molecule has 0 spiro atoms. The first-order chi connectivity index (χ1) is 3.27. The van der Waals surface area contributed by atoms with Crippen molar-refractivity contribution in [2.45, 2.75) is 19.8 Å². The van der Waals surface area contributed by atoms with Gasteiger partial charge in [-0.25, -0.2) is 0 Å². The largest absolute Gasteiger partial charge is 2.00 e. The van der Waals surface area contributed by atoms with Crippen molar-refractivity contribution in [2.75, 3.05) is 0 Å². The van der Waals surface area contributed by atoms with Crippen molar-refractivity contribution in [1.29, 1.82) is 0 Å². The third-order valence-corrected chi connectivity index (χ3v) is 0.567. The van der Waals surface area contributed by atoms with Gasteiger partial charge in [0, 0.05) is 6.42 Å². The van der Waals surface area contributed by atoms with Crippen LogP contribution in [0.3, 0.4) is 0 Å². The molecule has 0 aliphatic rings. The van der Waals surface area contributed by atoms with E-state index in [2.05, 4.69) is 0 Å². The maximum Gasteiger partial charge on any atom is 2.00 e. The van der Waals surface area contributed by atoms with E-state index in [-0.39, 0.29) is 40.0 Å². The number of rotatable bonds is 2. The van der Waals surface area contributed by atoms with E-state index in [1.807, 2.05) is 6.92 Å². The van der Waals surface area contributed by atoms with Crippen molar-refractivity contribution in [3.63, 3.8) is 0 Å². The van der Waals surface area contributed by atoms with Gasteiger partial charge < -0.3 is 27.4 Å². The van der Waals surface area contributed by atoms with Crippen molar-refractivity contribution in [3.8, 4) is 0 Å². The molecule has 0 saturated heterocycles. The monoisotopic (exact) mass is 205 g/mol. The average Bonchev–Trinajstić information content (AvgIpc) is 1.61. The van der Waals surface area contributed by atoms with Crippen LogP contribution in [0.1, 0.15) is 19.8 Å². The summed E-state index contributed by atoms with van der Waals surface area (Å²) in [5.74, 6) is 0. The zero-order valence-corrected chi connectivity index (χ0v) is 8.34. The summed E-state index contributed by atoms with van der Waals surface area (Å²) in [7, 11) is 0. The molecule has 0 aromatic heterocycles. The number of halogens is 1. The van der Waals surface area contributed by atoms with Crippen LogP contribution in [0, 0.1) is 10.4 Å². The van der Waals surface area contributed by atoms with Gasteiger partial charge in [-0.3, -0.25) is 0 Å². The van der Waals surface area contributed by atoms with Crippen LogP contribution in [0.4, 0.5) is 0 Å². The second-order valence-electron chi connectivity index (χ2n) is 1.26. The quantitative estimate of drug-likeness (QED) is 0.217. The van der Waals surface area contributed by atoms with E-state index >= 15 is 0 Å². The minimum atomic E-state index is -0.413. The van der Waals surface area contributed by atoms with Crippen LogP contribution < -0.4 is 17.0 Å². The number of nitrogens with zero attached hydrogens (tertiary/aromatic N) is 1. The van der Waals surface area contributed by atoms with Gasteiger partial charge in [-0.1, -0.05) is 6.92 Å². The molecular weight excluding hydrogens is 198 g/mol. The maximum absolute atomic E-state index is 9.51. The van der Waals surface area contributed by atoms with Gasteiger partial charge in [0.25, 0.3) is 0 Å². The zero-order valence-electron chi connectivity index (χ0n) is 5.34. The van der Waals surface area contributed by atoms with Gasteiger partial charge in [0.05, 0.1) is 0 Å². The summed E-state index contributed by atoms with van der Waals surface area (Å²) in [6.07, 6.45) is 2.49. The summed E-state index contributed by atoms with van der Waals surface area (Å²) in [6, 6.07) is 0. The van der Waals surface area contributed by atoms with E-state index in [0.717, 1.165) is 12.6 Å². The van der Waals surface area contributed by atoms with Crippen molar-refractivity contribution in [1.82, 2.24) is 0 Å². The Balaban J connectivity index is -0.000000180. The Labute approximate surface area is 81.2 Å². The average molecular weight is 206 g/mol. The predicted molar refractivity (Wildman–Crippen MR) is 33.7 cm³/mol. The Bertz CT molecular complexity index is 75.0. The molecule has 0 bridgehead atoms. The summed E-state index contributed by atoms with van der Waals surface area (Å²) in [6.45, 7) is 1.90. The van der Waals surface area contributed by atoms with Crippen LogP contribution in [-0.4, -0.2) is 34.2 Å². The van der Waals surface area contributed by atoms with Crippen LogP contribution in [0.2, 0.25) is 0 Å². The van der Waals surface area contributed by atoms with E-state index in [4.69, 9.17) is 0 Å². The van der Waals surface area contributed by atoms with Crippen LogP contribution >= 0.6 is 0 Å². The van der Waals surface area contributed by atoms with Crippen LogP contribution in [-0.2, 0) is 0 Å². The summed E-state index contributed by atoms with van der Waals surface area (Å²) in [4.78, 5) is -0.413. The molecule has 0 atom stereocenters. The standard InChI is InChI=1S/C4H8NO2.BrH.Mg/c1-2-3-4-5(6)7;;/h4H,2-3H2,1H3;1H;/q-1;;+2/p-1. The van der Waals surface area contributed by atoms with Crippen LogP contribution in [0.15, 0.2) is 0 Å². The maximum atomic E-state index is 9.51. The molecule has 0 amide bonds. The molecule has 3 nitrogen and oxygen atoms in total. The molecule has 0 radical (unpaired) electrons. The van der Waals surface area contributed by atoms with E-state index in [0.29, 0.717) is 6.42 Å². The molecular formula is C4H8BrMgNO2. The number of unbranched alkanes of at least 4 members (excludes halogenated alkanes) is 1. The Kier molecular flexibility index (Phi) is 20.5. The molecule has 0 aliphatic heterocycles. The molecule has 0 heterocycles. The summed E-state index contributed by atoms with van der Waals surface area (Å²) in [5.41, 5.74) is 0. The van der Waals surface area contributed by atoms with E-state index in [1.165, 1.54) is 0 Å². The van der Waals surface area contributed by atoms with E-state index in [9.17, 15) is 10.4 Å². The Morgan fingerprint density at radius 1 is 1.44 bits per heavy atom. The van der Waals surface area contributed by atoms with Gasteiger partial charge in [-0.05, 0) is 6.42 Å². The molecule has 5 heteroatoms. The van der Waals surface area contributed by atoms with Gasteiger partial charge in [0.15, 0.2) is 6.21 Å². The molecule has 50 valence electrons. The van der Waals surface area contributed by atoms with Crippen molar-refractivity contribution >= 4 is 29.3 Å². The first-order valence-corrected chi connectivity index (χ1v) is 2.24. The fourth-order valence-corrected chi connectivity index (χ4v) is 0.235. The molecule has 0 aromatic rings. The minimum Gasteiger partial charge on any atom is -1.00 e. The van der Waals surface area contributed by atoms with Crippen molar-refractivity contribution in [3.05, 3.63) is 10.4 Å². The molecule has 0 aliphatic carbocycles. The second-order valence-corrected chi connectivity index (χ2v) is 1.26. The third-order valence-electron chi connectivity index (χ3n) is 0.567. The Morgan fingerprint density at radius 3 is 2.00 bits per heavy atom. The topological polar surface area (TPSA) is 49.1 Å². The smallest absolute Gasteiger partial charge is 1.00 e. The van der Waals surface area contributed by atoms with Gasteiger partial charge in [0.1, 0.15) is 0 Å². The van der Waals surface area contributed by atoms with E-state index < -0.39 is 4.90 Å². The molecule has 0 aromatic carbocycles. The first-order valence-electron chi connectivity index (χ1n) is 2.24. The molecule has 9 heavy (non-hydrogen) atoms. The minimum absolute atomic E-state index is 0. The van der Waals surface area contributed by atoms with Crippen LogP contribution in [0.25, 0.3) is 0 Å². The Hall–Kier alpha value is 0.516. The Morgan fingerprint density at radius 2 is 1.89 bits per heavy atom. The summed E-state index contributed by atoms with van der Waals surface area (Å²) < 4.78 is 0. The van der Waals surface area contributed by atoms with Gasteiger partial charge >= 0.3 is 23.1 Å². The molecule has 0 N–H and O–H groups in total. The van der Waals surface area contributed by atoms with Crippen LogP contribution in [0.5, 0.6) is 0 Å². The number of hydrogen-bond donors (Lipinski definition) is 0. The van der Waals surface area contributed by atoms with E-state index in [1.54, 1.807) is 0 Å². The third kappa shape index (κ3) is 17.7. The van der Waals surface area contributed by atoms with Crippen molar-refractivity contribution < 1.29 is 21.9 Å². The summed E-state index contributed by atoms with van der Waals surface area (Å²) in [5, 5.41) is 19.0. The zero-order chi connectivity index (χ0) is 5.70. The SMILES string of the molecule is CCCC=[N+]([O-])[O-].[Br-].[Mg+2]. The first kappa shape index (κ1) is 16.3. The van der Waals surface area contributed by atoms with Gasteiger partial charge in [0.2, 0.25) is 0 Å². The fraction of sp³-hybridized carbons (Fsp3) is 0.750. The normalized spacial score (nSPS) is 6.33. The fourth-order valence-electron chi connectivity index (χ4n) is 0.235. The molecule has 0 unspecified atom stereocenters. The van der Waals surface area contributed by atoms with Crippen molar-refractivity contribution in [2.24, 2.45) is 0 Å². The number of hydrogen-bond acceptors (Lipinski definition) is 2. The summed E-state index contributed by atoms with van der Waals surface area (Å²) >= 11 is 0. The molecule has 0 saturated carbocycles. The predicted octanol–water partition coefficient (Wildman–Crippen LogP) is -2.51. The second kappa shape index (κ2) is 11.3. The molecule has 0 rings (SSSR count). The molecule has 0 fully saturated rings.